The van der Waals surface area contributed by atoms with Crippen molar-refractivity contribution in [3.63, 3.8) is 0 Å². The molecule has 0 radical (unpaired) electrons. The summed E-state index contributed by atoms with van der Waals surface area (Å²) < 4.78 is 0. The van der Waals surface area contributed by atoms with Crippen LogP contribution in [0.5, 0.6) is 0 Å². The van der Waals surface area contributed by atoms with Gasteiger partial charge in [0.05, 0.1) is 6.04 Å². The van der Waals surface area contributed by atoms with Crippen molar-refractivity contribution in [2.75, 3.05) is 26.2 Å². The molecule has 3 atom stereocenters. The lowest BCUT2D eigenvalue weighted by molar-refractivity contribution is -0.133. The topological polar surface area (TPSA) is 52.6 Å². The highest BCUT2D eigenvalue weighted by molar-refractivity contribution is 5.81. The van der Waals surface area contributed by atoms with Crippen LogP contribution in [-0.4, -0.2) is 48.2 Å². The van der Waals surface area contributed by atoms with Crippen LogP contribution in [0.25, 0.3) is 0 Å². The van der Waals surface area contributed by atoms with Gasteiger partial charge in [0, 0.05) is 19.7 Å². The van der Waals surface area contributed by atoms with Gasteiger partial charge >= 0.3 is 0 Å². The van der Waals surface area contributed by atoms with Crippen LogP contribution in [0.15, 0.2) is 0 Å². The predicted molar refractivity (Wildman–Crippen MR) is 80.4 cm³/mol. The number of hydrogen-bond acceptors (Lipinski definition) is 3. The first-order valence-electron chi connectivity index (χ1n) is 8.35. The molecule has 4 nitrogen and oxygen atoms in total. The van der Waals surface area contributed by atoms with Gasteiger partial charge in [-0.25, -0.2) is 0 Å². The maximum atomic E-state index is 12.4. The summed E-state index contributed by atoms with van der Waals surface area (Å²) in [5.41, 5.74) is 0. The Bertz CT molecular complexity index is 301. The SMILES string of the molecule is CC(NCC1CCCC1CO)C(=O)N1CCCCCC1. The van der Waals surface area contributed by atoms with Crippen molar-refractivity contribution in [3.8, 4) is 0 Å². The highest BCUT2D eigenvalue weighted by atomic mass is 16.3. The summed E-state index contributed by atoms with van der Waals surface area (Å²) in [6, 6.07) is -0.0898. The molecule has 1 saturated heterocycles. The summed E-state index contributed by atoms with van der Waals surface area (Å²) in [4.78, 5) is 14.5. The third-order valence-corrected chi connectivity index (χ3v) is 5.03. The maximum Gasteiger partial charge on any atom is 0.239 e. The number of hydrogen-bond donors (Lipinski definition) is 2. The minimum absolute atomic E-state index is 0.0898. The van der Waals surface area contributed by atoms with E-state index in [1.165, 1.54) is 25.7 Å². The summed E-state index contributed by atoms with van der Waals surface area (Å²) in [6.07, 6.45) is 8.34. The van der Waals surface area contributed by atoms with E-state index in [1.54, 1.807) is 0 Å². The van der Waals surface area contributed by atoms with Gasteiger partial charge in [0.25, 0.3) is 0 Å². The fourth-order valence-corrected chi connectivity index (χ4v) is 3.60. The number of amides is 1. The molecule has 1 saturated carbocycles. The number of rotatable bonds is 5. The van der Waals surface area contributed by atoms with Crippen molar-refractivity contribution < 1.29 is 9.90 Å². The van der Waals surface area contributed by atoms with E-state index in [2.05, 4.69) is 5.32 Å². The van der Waals surface area contributed by atoms with Gasteiger partial charge < -0.3 is 15.3 Å². The average Bonchev–Trinajstić information content (AvgIpc) is 2.75. The van der Waals surface area contributed by atoms with E-state index in [0.29, 0.717) is 18.4 Å². The summed E-state index contributed by atoms with van der Waals surface area (Å²) in [7, 11) is 0. The number of nitrogens with one attached hydrogen (secondary N) is 1. The molecular formula is C16H30N2O2. The summed E-state index contributed by atoms with van der Waals surface area (Å²) in [5.74, 6) is 1.23. The number of carbonyl (C=O) groups is 1. The van der Waals surface area contributed by atoms with E-state index in [9.17, 15) is 9.90 Å². The summed E-state index contributed by atoms with van der Waals surface area (Å²) >= 11 is 0. The summed E-state index contributed by atoms with van der Waals surface area (Å²) in [6.45, 7) is 4.99. The summed E-state index contributed by atoms with van der Waals surface area (Å²) in [5, 5.41) is 12.7. The normalized spacial score (nSPS) is 29.2. The van der Waals surface area contributed by atoms with Crippen LogP contribution >= 0.6 is 0 Å². The Morgan fingerprint density at radius 3 is 2.45 bits per heavy atom. The van der Waals surface area contributed by atoms with Crippen molar-refractivity contribution in [2.24, 2.45) is 11.8 Å². The fraction of sp³-hybridized carbons (Fsp3) is 0.938. The van der Waals surface area contributed by atoms with E-state index >= 15 is 0 Å². The molecule has 20 heavy (non-hydrogen) atoms. The van der Waals surface area contributed by atoms with Gasteiger partial charge in [-0.2, -0.15) is 0 Å². The second-order valence-corrected chi connectivity index (χ2v) is 6.50. The Morgan fingerprint density at radius 2 is 1.80 bits per heavy atom. The average molecular weight is 282 g/mol. The molecule has 0 bridgehead atoms. The van der Waals surface area contributed by atoms with Crippen LogP contribution in [0.3, 0.4) is 0 Å². The second kappa shape index (κ2) is 7.99. The van der Waals surface area contributed by atoms with E-state index < -0.39 is 0 Å². The van der Waals surface area contributed by atoms with Crippen LogP contribution in [0.1, 0.15) is 51.9 Å². The molecular weight excluding hydrogens is 252 g/mol. The number of aliphatic hydroxyl groups excluding tert-OH is 1. The number of likely N-dealkylation sites (tertiary alicyclic amines) is 1. The molecule has 0 aromatic heterocycles. The third kappa shape index (κ3) is 4.19. The molecule has 1 heterocycles. The van der Waals surface area contributed by atoms with Crippen LogP contribution in [0, 0.1) is 11.8 Å². The number of aliphatic hydroxyl groups is 1. The van der Waals surface area contributed by atoms with Crippen molar-refractivity contribution >= 4 is 5.91 Å². The lowest BCUT2D eigenvalue weighted by atomic mass is 9.96. The predicted octanol–water partition coefficient (Wildman–Crippen LogP) is 1.78. The zero-order valence-electron chi connectivity index (χ0n) is 12.8. The largest absolute Gasteiger partial charge is 0.396 e. The van der Waals surface area contributed by atoms with Gasteiger partial charge in [0.1, 0.15) is 0 Å². The maximum absolute atomic E-state index is 12.4. The van der Waals surface area contributed by atoms with Gasteiger partial charge in [-0.3, -0.25) is 4.79 Å². The highest BCUT2D eigenvalue weighted by Crippen LogP contribution is 2.30. The molecule has 2 aliphatic rings. The highest BCUT2D eigenvalue weighted by Gasteiger charge is 2.28. The molecule has 0 aromatic carbocycles. The molecule has 1 amide bonds. The Kier molecular flexibility index (Phi) is 6.30. The number of carbonyl (C=O) groups excluding carboxylic acids is 1. The molecule has 116 valence electrons. The molecule has 3 unspecified atom stereocenters. The Morgan fingerprint density at radius 1 is 1.15 bits per heavy atom. The van der Waals surface area contributed by atoms with E-state index in [4.69, 9.17) is 0 Å². The van der Waals surface area contributed by atoms with Crippen molar-refractivity contribution in [3.05, 3.63) is 0 Å². The van der Waals surface area contributed by atoms with Crippen molar-refractivity contribution in [2.45, 2.75) is 57.9 Å². The monoisotopic (exact) mass is 282 g/mol. The van der Waals surface area contributed by atoms with Gasteiger partial charge in [-0.05, 0) is 51.0 Å². The number of nitrogens with zero attached hydrogens (tertiary/aromatic N) is 1. The van der Waals surface area contributed by atoms with Crippen LogP contribution < -0.4 is 5.32 Å². The lowest BCUT2D eigenvalue weighted by Crippen LogP contribution is -2.46. The molecule has 2 N–H and O–H groups in total. The Hall–Kier alpha value is -0.610. The zero-order chi connectivity index (χ0) is 14.4. The molecule has 0 aromatic rings. The zero-order valence-corrected chi connectivity index (χ0v) is 12.8. The van der Waals surface area contributed by atoms with Gasteiger partial charge in [0.2, 0.25) is 5.91 Å². The molecule has 1 aliphatic heterocycles. The minimum atomic E-state index is -0.0898. The minimum Gasteiger partial charge on any atom is -0.396 e. The van der Waals surface area contributed by atoms with Crippen LogP contribution in [0.4, 0.5) is 0 Å². The first-order valence-corrected chi connectivity index (χ1v) is 8.35. The fourth-order valence-electron chi connectivity index (χ4n) is 3.60. The van der Waals surface area contributed by atoms with E-state index in [-0.39, 0.29) is 11.9 Å². The van der Waals surface area contributed by atoms with Gasteiger partial charge in [-0.1, -0.05) is 19.3 Å². The molecule has 2 rings (SSSR count). The second-order valence-electron chi connectivity index (χ2n) is 6.50. The first-order chi connectivity index (χ1) is 9.72. The Labute approximate surface area is 122 Å². The lowest BCUT2D eigenvalue weighted by Gasteiger charge is -2.26. The molecule has 1 aliphatic carbocycles. The smallest absolute Gasteiger partial charge is 0.239 e. The Balaban J connectivity index is 1.75. The van der Waals surface area contributed by atoms with Crippen LogP contribution in [-0.2, 0) is 4.79 Å². The standard InChI is InChI=1S/C16H30N2O2/c1-13(16(20)18-9-4-2-3-5-10-18)17-11-14-7-6-8-15(14)12-19/h13-15,17,19H,2-12H2,1H3. The van der Waals surface area contributed by atoms with Crippen molar-refractivity contribution in [1.29, 1.82) is 0 Å². The molecule has 2 fully saturated rings. The van der Waals surface area contributed by atoms with E-state index in [0.717, 1.165) is 38.9 Å². The van der Waals surface area contributed by atoms with Gasteiger partial charge in [0.15, 0.2) is 0 Å². The molecule has 0 spiro atoms. The van der Waals surface area contributed by atoms with Crippen molar-refractivity contribution in [1.82, 2.24) is 10.2 Å². The van der Waals surface area contributed by atoms with Crippen LogP contribution in [0.2, 0.25) is 0 Å². The molecule has 4 heteroatoms. The van der Waals surface area contributed by atoms with E-state index in [1.807, 2.05) is 11.8 Å². The van der Waals surface area contributed by atoms with Gasteiger partial charge in [-0.15, -0.1) is 0 Å². The quantitative estimate of drug-likeness (QED) is 0.808. The first kappa shape index (κ1) is 15.8. The third-order valence-electron chi connectivity index (χ3n) is 5.03.